The van der Waals surface area contributed by atoms with Crippen molar-refractivity contribution >= 4 is 29.0 Å². The molecule has 8 heteroatoms. The van der Waals surface area contributed by atoms with Crippen LogP contribution in [0, 0.1) is 17.0 Å². The van der Waals surface area contributed by atoms with Crippen LogP contribution in [-0.2, 0) is 4.79 Å². The number of carbonyl (C=O) groups excluding carboxylic acids is 1. The average Bonchev–Trinajstić information content (AvgIpc) is 2.73. The van der Waals surface area contributed by atoms with E-state index in [1.165, 1.54) is 22.6 Å². The molecule has 2 aromatic rings. The van der Waals surface area contributed by atoms with Crippen molar-refractivity contribution in [2.24, 2.45) is 0 Å². The van der Waals surface area contributed by atoms with Crippen molar-refractivity contribution in [2.75, 3.05) is 49.9 Å². The molecule has 1 saturated heterocycles. The van der Waals surface area contributed by atoms with Crippen molar-refractivity contribution in [1.29, 1.82) is 0 Å². The van der Waals surface area contributed by atoms with Gasteiger partial charge in [0.2, 0.25) is 5.91 Å². The van der Waals surface area contributed by atoms with Gasteiger partial charge in [-0.2, -0.15) is 0 Å². The van der Waals surface area contributed by atoms with Crippen LogP contribution in [0.4, 0.5) is 11.4 Å². The Morgan fingerprint density at radius 2 is 1.72 bits per heavy atom. The first-order valence-electron chi connectivity index (χ1n) is 9.69. The molecule has 0 radical (unpaired) electrons. The molecule has 0 bridgehead atoms. The third-order valence-corrected chi connectivity index (χ3v) is 5.89. The Labute approximate surface area is 175 Å². The number of nitrogens with zero attached hydrogens (tertiary/aromatic N) is 3. The van der Waals surface area contributed by atoms with Gasteiger partial charge >= 0.3 is 0 Å². The molecule has 3 rings (SSSR count). The number of thioether (sulfide) groups is 1. The number of carbonyl (C=O) groups is 1. The Morgan fingerprint density at radius 3 is 2.34 bits per heavy atom. The summed E-state index contributed by atoms with van der Waals surface area (Å²) in [5.41, 5.74) is 2.33. The van der Waals surface area contributed by atoms with E-state index in [0.29, 0.717) is 13.1 Å². The molecule has 0 aromatic heterocycles. The summed E-state index contributed by atoms with van der Waals surface area (Å²) in [5.74, 6) is 0.904. The number of nitro groups is 1. The summed E-state index contributed by atoms with van der Waals surface area (Å²) in [6, 6.07) is 15.0. The minimum Gasteiger partial charge on any atom is -0.369 e. The fraction of sp³-hybridized carbons (Fsp3) is 0.381. The van der Waals surface area contributed by atoms with Crippen molar-refractivity contribution < 1.29 is 9.72 Å². The third-order valence-electron chi connectivity index (χ3n) is 4.88. The van der Waals surface area contributed by atoms with Crippen LogP contribution < -0.4 is 10.2 Å². The normalized spacial score (nSPS) is 14.6. The van der Waals surface area contributed by atoms with Crippen LogP contribution in [0.3, 0.4) is 0 Å². The topological polar surface area (TPSA) is 78.7 Å². The van der Waals surface area contributed by atoms with Gasteiger partial charge in [0.25, 0.3) is 5.69 Å². The highest BCUT2D eigenvalue weighted by molar-refractivity contribution is 7.99. The Balaban J connectivity index is 1.34. The summed E-state index contributed by atoms with van der Waals surface area (Å²) < 4.78 is 0. The largest absolute Gasteiger partial charge is 0.369 e. The molecule has 154 valence electrons. The van der Waals surface area contributed by atoms with Gasteiger partial charge in [-0.15, -0.1) is 11.8 Å². The monoisotopic (exact) mass is 414 g/mol. The van der Waals surface area contributed by atoms with E-state index in [2.05, 4.69) is 46.3 Å². The number of benzene rings is 2. The molecule has 0 spiro atoms. The van der Waals surface area contributed by atoms with E-state index in [-0.39, 0.29) is 16.5 Å². The zero-order valence-corrected chi connectivity index (χ0v) is 17.4. The molecular weight excluding hydrogens is 388 g/mol. The van der Waals surface area contributed by atoms with Gasteiger partial charge in [0.05, 0.1) is 11.5 Å². The molecule has 0 unspecified atom stereocenters. The molecule has 1 amide bonds. The number of non-ortho nitro benzene ring substituents is 1. The average molecular weight is 415 g/mol. The number of amides is 1. The van der Waals surface area contributed by atoms with Crippen LogP contribution >= 0.6 is 11.8 Å². The molecule has 1 fully saturated rings. The molecule has 1 heterocycles. The number of nitrogens with one attached hydrogen (secondary N) is 1. The van der Waals surface area contributed by atoms with E-state index in [1.54, 1.807) is 23.9 Å². The maximum atomic E-state index is 12.2. The van der Waals surface area contributed by atoms with Crippen LogP contribution in [0.1, 0.15) is 5.56 Å². The molecule has 7 nitrogen and oxygen atoms in total. The molecule has 0 aliphatic carbocycles. The van der Waals surface area contributed by atoms with Gasteiger partial charge in [-0.3, -0.25) is 19.8 Å². The molecule has 0 saturated carbocycles. The smallest absolute Gasteiger partial charge is 0.269 e. The van der Waals surface area contributed by atoms with Crippen LogP contribution in [-0.4, -0.2) is 60.8 Å². The maximum absolute atomic E-state index is 12.2. The lowest BCUT2D eigenvalue weighted by atomic mass is 10.2. The van der Waals surface area contributed by atoms with E-state index in [9.17, 15) is 14.9 Å². The maximum Gasteiger partial charge on any atom is 0.269 e. The van der Waals surface area contributed by atoms with Crippen molar-refractivity contribution in [3.8, 4) is 0 Å². The minimum atomic E-state index is -0.389. The Hall–Kier alpha value is -2.58. The van der Waals surface area contributed by atoms with E-state index in [4.69, 9.17) is 0 Å². The van der Waals surface area contributed by atoms with Crippen LogP contribution in [0.2, 0.25) is 0 Å². The van der Waals surface area contributed by atoms with Crippen LogP contribution in [0.15, 0.2) is 53.4 Å². The van der Waals surface area contributed by atoms with Crippen LogP contribution in [0.5, 0.6) is 0 Å². The summed E-state index contributed by atoms with van der Waals surface area (Å²) in [6.07, 6.45) is 0. The van der Waals surface area contributed by atoms with Crippen molar-refractivity contribution in [3.05, 3.63) is 64.2 Å². The number of hydrogen-bond acceptors (Lipinski definition) is 6. The fourth-order valence-electron chi connectivity index (χ4n) is 3.20. The molecular formula is C21H26N4O3S. The van der Waals surface area contributed by atoms with E-state index in [1.807, 2.05) is 0 Å². The second kappa shape index (κ2) is 10.3. The van der Waals surface area contributed by atoms with Gasteiger partial charge in [-0.05, 0) is 31.2 Å². The van der Waals surface area contributed by atoms with E-state index >= 15 is 0 Å². The number of piperazine rings is 1. The first-order chi connectivity index (χ1) is 14.0. The third kappa shape index (κ3) is 6.47. The lowest BCUT2D eigenvalue weighted by Gasteiger charge is -2.35. The fourth-order valence-corrected chi connectivity index (χ4v) is 3.97. The molecule has 1 aliphatic rings. The van der Waals surface area contributed by atoms with Gasteiger partial charge in [0, 0.05) is 61.2 Å². The summed E-state index contributed by atoms with van der Waals surface area (Å²) in [4.78, 5) is 28.1. The van der Waals surface area contributed by atoms with Gasteiger partial charge in [-0.25, -0.2) is 0 Å². The van der Waals surface area contributed by atoms with Gasteiger partial charge in [-0.1, -0.05) is 17.7 Å². The predicted molar refractivity (Wildman–Crippen MR) is 117 cm³/mol. The molecule has 0 atom stereocenters. The highest BCUT2D eigenvalue weighted by Gasteiger charge is 2.19. The SMILES string of the molecule is Cc1ccc(SCCNC(=O)CN2CCN(c3ccc([N+](=O)[O-])cc3)CC2)cc1. The Kier molecular flexibility index (Phi) is 7.48. The second-order valence-corrected chi connectivity index (χ2v) is 8.22. The lowest BCUT2D eigenvalue weighted by Crippen LogP contribution is -2.49. The van der Waals surface area contributed by atoms with Crippen molar-refractivity contribution in [1.82, 2.24) is 10.2 Å². The number of nitro benzene ring substituents is 1. The lowest BCUT2D eigenvalue weighted by molar-refractivity contribution is -0.384. The van der Waals surface area contributed by atoms with Crippen molar-refractivity contribution in [2.45, 2.75) is 11.8 Å². The van der Waals surface area contributed by atoms with Gasteiger partial charge in [0.1, 0.15) is 0 Å². The summed E-state index contributed by atoms with van der Waals surface area (Å²) in [7, 11) is 0. The number of rotatable bonds is 8. The van der Waals surface area contributed by atoms with Gasteiger partial charge in [0.15, 0.2) is 0 Å². The highest BCUT2D eigenvalue weighted by Crippen LogP contribution is 2.20. The number of hydrogen-bond donors (Lipinski definition) is 1. The quantitative estimate of drug-likeness (QED) is 0.310. The second-order valence-electron chi connectivity index (χ2n) is 7.05. The Morgan fingerprint density at radius 1 is 1.07 bits per heavy atom. The molecule has 1 N–H and O–H groups in total. The van der Waals surface area contributed by atoms with E-state index < -0.39 is 0 Å². The predicted octanol–water partition coefficient (Wildman–Crippen LogP) is 2.93. The summed E-state index contributed by atoms with van der Waals surface area (Å²) >= 11 is 1.74. The van der Waals surface area contributed by atoms with Gasteiger partial charge < -0.3 is 10.2 Å². The zero-order valence-electron chi connectivity index (χ0n) is 16.5. The van der Waals surface area contributed by atoms with Crippen LogP contribution in [0.25, 0.3) is 0 Å². The molecule has 1 aliphatic heterocycles. The summed E-state index contributed by atoms with van der Waals surface area (Å²) in [5, 5.41) is 13.8. The van der Waals surface area contributed by atoms with Crippen molar-refractivity contribution in [3.63, 3.8) is 0 Å². The van der Waals surface area contributed by atoms with E-state index in [0.717, 1.165) is 37.6 Å². The number of anilines is 1. The molecule has 29 heavy (non-hydrogen) atoms. The number of aryl methyl sites for hydroxylation is 1. The summed E-state index contributed by atoms with van der Waals surface area (Å²) in [6.45, 7) is 6.32. The minimum absolute atomic E-state index is 0.0540. The Bertz CT molecular complexity index is 819. The zero-order chi connectivity index (χ0) is 20.6. The first kappa shape index (κ1) is 21.1. The standard InChI is InChI=1S/C21H26N4O3S/c1-17-2-8-20(9-3-17)29-15-10-22-21(26)16-23-11-13-24(14-12-23)18-4-6-19(7-5-18)25(27)28/h2-9H,10-16H2,1H3,(H,22,26). The highest BCUT2D eigenvalue weighted by atomic mass is 32.2. The first-order valence-corrected chi connectivity index (χ1v) is 10.7. The molecule has 2 aromatic carbocycles.